The number of hydrogen-bond acceptors (Lipinski definition) is 3. The smallest absolute Gasteiger partial charge is 0.251 e. The second-order valence-electron chi connectivity index (χ2n) is 6.17. The fourth-order valence-electron chi connectivity index (χ4n) is 2.43. The van der Waals surface area contributed by atoms with Crippen molar-refractivity contribution >= 4 is 27.5 Å². The van der Waals surface area contributed by atoms with Crippen molar-refractivity contribution < 1.29 is 13.2 Å². The van der Waals surface area contributed by atoms with Crippen molar-refractivity contribution in [2.75, 3.05) is 0 Å². The Labute approximate surface area is 152 Å². The van der Waals surface area contributed by atoms with Gasteiger partial charge in [-0.3, -0.25) is 4.79 Å². The number of carbonyl (C=O) groups excluding carboxylic acids is 1. The molecule has 7 heteroatoms. The molecule has 25 heavy (non-hydrogen) atoms. The van der Waals surface area contributed by atoms with E-state index in [4.69, 9.17) is 11.6 Å². The van der Waals surface area contributed by atoms with E-state index >= 15 is 0 Å². The SMILES string of the molecule is C[C@@H](NC(=O)c1cccc(S(=O)(=O)NC2CC2)c1)c1cccc(Cl)c1. The first-order valence-electron chi connectivity index (χ1n) is 8.04. The molecule has 1 aliphatic rings. The van der Waals surface area contributed by atoms with Gasteiger partial charge in [-0.25, -0.2) is 13.1 Å². The molecule has 3 rings (SSSR count). The summed E-state index contributed by atoms with van der Waals surface area (Å²) in [7, 11) is -3.59. The second kappa shape index (κ2) is 7.15. The van der Waals surface area contributed by atoms with Crippen LogP contribution in [0.1, 0.15) is 41.7 Å². The first-order valence-corrected chi connectivity index (χ1v) is 9.90. The zero-order chi connectivity index (χ0) is 18.0. The molecule has 1 saturated carbocycles. The van der Waals surface area contributed by atoms with Gasteiger partial charge in [0.2, 0.25) is 10.0 Å². The van der Waals surface area contributed by atoms with Gasteiger partial charge in [0.25, 0.3) is 5.91 Å². The Hall–Kier alpha value is -1.89. The maximum atomic E-state index is 12.5. The number of nitrogens with one attached hydrogen (secondary N) is 2. The summed E-state index contributed by atoms with van der Waals surface area (Å²) in [6.45, 7) is 1.85. The van der Waals surface area contributed by atoms with Crippen LogP contribution < -0.4 is 10.0 Å². The Morgan fingerprint density at radius 2 is 1.88 bits per heavy atom. The van der Waals surface area contributed by atoms with Gasteiger partial charge in [0.1, 0.15) is 0 Å². The number of hydrogen-bond donors (Lipinski definition) is 2. The van der Waals surface area contributed by atoms with Crippen LogP contribution in [0.4, 0.5) is 0 Å². The number of rotatable bonds is 6. The van der Waals surface area contributed by atoms with Crippen molar-refractivity contribution in [1.29, 1.82) is 0 Å². The highest BCUT2D eigenvalue weighted by atomic mass is 35.5. The highest BCUT2D eigenvalue weighted by molar-refractivity contribution is 7.89. The lowest BCUT2D eigenvalue weighted by Gasteiger charge is -2.15. The van der Waals surface area contributed by atoms with E-state index in [2.05, 4.69) is 10.0 Å². The molecule has 0 unspecified atom stereocenters. The van der Waals surface area contributed by atoms with Gasteiger partial charge in [-0.1, -0.05) is 29.8 Å². The molecule has 0 aromatic heterocycles. The molecule has 2 aromatic rings. The van der Waals surface area contributed by atoms with Crippen LogP contribution in [0.25, 0.3) is 0 Å². The molecule has 0 aliphatic heterocycles. The highest BCUT2D eigenvalue weighted by Gasteiger charge is 2.28. The molecule has 0 heterocycles. The van der Waals surface area contributed by atoms with E-state index in [1.54, 1.807) is 24.3 Å². The normalized spacial score (nSPS) is 15.6. The summed E-state index contributed by atoms with van der Waals surface area (Å²) in [4.78, 5) is 12.6. The van der Waals surface area contributed by atoms with Crippen molar-refractivity contribution in [2.24, 2.45) is 0 Å². The molecule has 1 fully saturated rings. The average molecular weight is 379 g/mol. The van der Waals surface area contributed by atoms with Crippen LogP contribution in [0.5, 0.6) is 0 Å². The van der Waals surface area contributed by atoms with Gasteiger partial charge >= 0.3 is 0 Å². The van der Waals surface area contributed by atoms with Gasteiger partial charge < -0.3 is 5.32 Å². The van der Waals surface area contributed by atoms with Crippen molar-refractivity contribution in [3.63, 3.8) is 0 Å². The van der Waals surface area contributed by atoms with Crippen molar-refractivity contribution in [2.45, 2.75) is 36.7 Å². The Morgan fingerprint density at radius 1 is 1.16 bits per heavy atom. The third-order valence-corrected chi connectivity index (χ3v) is 5.76. The lowest BCUT2D eigenvalue weighted by molar-refractivity contribution is 0.0939. The van der Waals surface area contributed by atoms with Crippen LogP contribution in [0.15, 0.2) is 53.4 Å². The molecule has 0 spiro atoms. The van der Waals surface area contributed by atoms with Crippen molar-refractivity contribution in [1.82, 2.24) is 10.0 Å². The minimum Gasteiger partial charge on any atom is -0.346 e. The third kappa shape index (κ3) is 4.60. The number of sulfonamides is 1. The minimum atomic E-state index is -3.59. The lowest BCUT2D eigenvalue weighted by Crippen LogP contribution is -2.28. The first-order chi connectivity index (χ1) is 11.8. The summed E-state index contributed by atoms with van der Waals surface area (Å²) in [6, 6.07) is 13.0. The van der Waals surface area contributed by atoms with Gasteiger partial charge in [-0.15, -0.1) is 0 Å². The van der Waals surface area contributed by atoms with Gasteiger partial charge in [-0.05, 0) is 55.7 Å². The van der Waals surface area contributed by atoms with Crippen LogP contribution in [0.3, 0.4) is 0 Å². The molecule has 1 atom stereocenters. The van der Waals surface area contributed by atoms with Crippen LogP contribution in [0.2, 0.25) is 5.02 Å². The van der Waals surface area contributed by atoms with Gasteiger partial charge in [0.05, 0.1) is 10.9 Å². The standard InChI is InChI=1S/C18H19ClN2O3S/c1-12(13-4-2-6-15(19)10-13)20-18(22)14-5-3-7-17(11-14)25(23,24)21-16-8-9-16/h2-7,10-12,16,21H,8-9H2,1H3,(H,20,22)/t12-/m1/s1. The summed E-state index contributed by atoms with van der Waals surface area (Å²) < 4.78 is 27.2. The minimum absolute atomic E-state index is 0.0188. The maximum Gasteiger partial charge on any atom is 0.251 e. The fourth-order valence-corrected chi connectivity index (χ4v) is 3.98. The lowest BCUT2D eigenvalue weighted by atomic mass is 10.1. The second-order valence-corrected chi connectivity index (χ2v) is 8.32. The zero-order valence-corrected chi connectivity index (χ0v) is 15.3. The van der Waals surface area contributed by atoms with Gasteiger partial charge in [-0.2, -0.15) is 0 Å². The largest absolute Gasteiger partial charge is 0.346 e. The van der Waals surface area contributed by atoms with Crippen LogP contribution >= 0.6 is 11.6 Å². The van der Waals surface area contributed by atoms with E-state index < -0.39 is 10.0 Å². The Morgan fingerprint density at radius 3 is 2.56 bits per heavy atom. The van der Waals surface area contributed by atoms with Crippen molar-refractivity contribution in [3.8, 4) is 0 Å². The van der Waals surface area contributed by atoms with E-state index in [0.29, 0.717) is 10.6 Å². The maximum absolute atomic E-state index is 12.5. The summed E-state index contributed by atoms with van der Waals surface area (Å²) in [5.41, 5.74) is 1.17. The number of benzene rings is 2. The molecule has 5 nitrogen and oxygen atoms in total. The average Bonchev–Trinajstić information content (AvgIpc) is 3.38. The Balaban J connectivity index is 1.75. The molecule has 0 bridgehead atoms. The number of amides is 1. The molecular formula is C18H19ClN2O3S. The molecule has 1 aliphatic carbocycles. The molecular weight excluding hydrogens is 360 g/mol. The third-order valence-electron chi connectivity index (χ3n) is 4.00. The van der Waals surface area contributed by atoms with E-state index in [-0.39, 0.29) is 22.9 Å². The molecule has 1 amide bonds. The fraction of sp³-hybridized carbons (Fsp3) is 0.278. The molecule has 2 aromatic carbocycles. The monoisotopic (exact) mass is 378 g/mol. The number of halogens is 1. The summed E-state index contributed by atoms with van der Waals surface area (Å²) in [6.07, 6.45) is 1.72. The summed E-state index contributed by atoms with van der Waals surface area (Å²) >= 11 is 5.97. The highest BCUT2D eigenvalue weighted by Crippen LogP contribution is 2.23. The van der Waals surface area contributed by atoms with E-state index in [0.717, 1.165) is 18.4 Å². The molecule has 0 saturated heterocycles. The quantitative estimate of drug-likeness (QED) is 0.810. The predicted octanol–water partition coefficient (Wildman–Crippen LogP) is 3.27. The molecule has 132 valence electrons. The van der Waals surface area contributed by atoms with Gasteiger partial charge in [0.15, 0.2) is 0 Å². The predicted molar refractivity (Wildman–Crippen MR) is 97.1 cm³/mol. The topological polar surface area (TPSA) is 75.3 Å². The van der Waals surface area contributed by atoms with Crippen molar-refractivity contribution in [3.05, 3.63) is 64.7 Å². The Bertz CT molecular complexity index is 895. The van der Waals surface area contributed by atoms with Crippen LogP contribution in [-0.4, -0.2) is 20.4 Å². The first kappa shape index (κ1) is 17.9. The van der Waals surface area contributed by atoms with E-state index in [1.807, 2.05) is 19.1 Å². The van der Waals surface area contributed by atoms with Gasteiger partial charge in [0, 0.05) is 16.6 Å². The van der Waals surface area contributed by atoms with E-state index in [1.165, 1.54) is 12.1 Å². The van der Waals surface area contributed by atoms with E-state index in [9.17, 15) is 13.2 Å². The summed E-state index contributed by atoms with van der Waals surface area (Å²) in [5, 5.41) is 3.45. The summed E-state index contributed by atoms with van der Waals surface area (Å²) in [5.74, 6) is -0.337. The zero-order valence-electron chi connectivity index (χ0n) is 13.7. The van der Waals surface area contributed by atoms with Crippen LogP contribution in [-0.2, 0) is 10.0 Å². The van der Waals surface area contributed by atoms with Crippen LogP contribution in [0, 0.1) is 0 Å². The number of carbonyl (C=O) groups is 1. The Kier molecular flexibility index (Phi) is 5.13. The molecule has 0 radical (unpaired) electrons. The molecule has 2 N–H and O–H groups in total.